The van der Waals surface area contributed by atoms with Crippen molar-refractivity contribution in [2.45, 2.75) is 17.3 Å². The molecule has 1 atom stereocenters. The Bertz CT molecular complexity index is 1320. The second kappa shape index (κ2) is 8.48. The summed E-state index contributed by atoms with van der Waals surface area (Å²) in [4.78, 5) is 30.3. The van der Waals surface area contributed by atoms with E-state index >= 15 is 0 Å². The fourth-order valence-corrected chi connectivity index (χ4v) is 4.77. The minimum atomic E-state index is -0.882. The van der Waals surface area contributed by atoms with E-state index in [-0.39, 0.29) is 5.16 Å². The zero-order valence-electron chi connectivity index (χ0n) is 16.1. The van der Waals surface area contributed by atoms with Crippen molar-refractivity contribution in [2.75, 3.05) is 11.2 Å². The molecule has 0 radical (unpaired) electrons. The molecule has 158 valence electrons. The number of anilines is 1. The Kier molecular flexibility index (Phi) is 5.75. The second-order valence-corrected chi connectivity index (χ2v) is 8.78. The van der Waals surface area contributed by atoms with Crippen LogP contribution in [0, 0.1) is 11.6 Å². The number of thiophene rings is 1. The third-order valence-electron chi connectivity index (χ3n) is 4.55. The van der Waals surface area contributed by atoms with Gasteiger partial charge >= 0.3 is 0 Å². The van der Waals surface area contributed by atoms with E-state index < -0.39 is 34.0 Å². The van der Waals surface area contributed by atoms with Gasteiger partial charge in [-0.25, -0.2) is 18.4 Å². The number of benzene rings is 2. The number of nitrogens with zero attached hydrogens (tertiary/aromatic N) is 2. The molecule has 3 N–H and O–H groups in total. The van der Waals surface area contributed by atoms with Gasteiger partial charge in [0.15, 0.2) is 5.16 Å². The van der Waals surface area contributed by atoms with Gasteiger partial charge in [0.1, 0.15) is 22.2 Å². The number of halogens is 2. The molecule has 2 heterocycles. The zero-order valence-corrected chi connectivity index (χ0v) is 17.8. The number of nitrogen functional groups attached to an aromatic ring is 1. The first-order valence-electron chi connectivity index (χ1n) is 9.13. The average molecular weight is 459 g/mol. The van der Waals surface area contributed by atoms with Crippen LogP contribution >= 0.6 is 23.1 Å². The van der Waals surface area contributed by atoms with Crippen LogP contribution in [-0.2, 0) is 4.79 Å². The maximum absolute atomic E-state index is 13.8. The molecule has 4 rings (SSSR count). The minimum absolute atomic E-state index is 0.121. The molecular formula is C21H16F2N4O2S2. The minimum Gasteiger partial charge on any atom is -0.334 e. The maximum Gasteiger partial charge on any atom is 0.282 e. The summed E-state index contributed by atoms with van der Waals surface area (Å²) in [5, 5.41) is 3.76. The molecule has 2 aromatic heterocycles. The first-order valence-corrected chi connectivity index (χ1v) is 10.9. The molecule has 0 spiro atoms. The van der Waals surface area contributed by atoms with Crippen LogP contribution in [-0.4, -0.2) is 20.8 Å². The lowest BCUT2D eigenvalue weighted by Crippen LogP contribution is -2.31. The molecule has 4 aromatic rings. The number of rotatable bonds is 5. The van der Waals surface area contributed by atoms with Crippen molar-refractivity contribution in [1.82, 2.24) is 9.66 Å². The summed E-state index contributed by atoms with van der Waals surface area (Å²) in [7, 11) is 0. The van der Waals surface area contributed by atoms with Crippen molar-refractivity contribution in [2.24, 2.45) is 0 Å². The lowest BCUT2D eigenvalue weighted by molar-refractivity contribution is -0.115. The highest BCUT2D eigenvalue weighted by atomic mass is 32.2. The van der Waals surface area contributed by atoms with Crippen LogP contribution in [0.3, 0.4) is 0 Å². The molecule has 2 aromatic carbocycles. The number of fused-ring (bicyclic) bond motifs is 1. The van der Waals surface area contributed by atoms with Gasteiger partial charge in [0.25, 0.3) is 5.56 Å². The molecule has 0 aliphatic carbocycles. The monoisotopic (exact) mass is 458 g/mol. The lowest BCUT2D eigenvalue weighted by Gasteiger charge is -2.14. The normalized spacial score (nSPS) is 12.1. The number of nitrogens with two attached hydrogens (primary N) is 1. The SMILES string of the molecule is CC(Sc1nc2scc(-c3ccccc3)c2c(=O)n1N)C(=O)Nc1c(F)cccc1F. The predicted molar refractivity (Wildman–Crippen MR) is 120 cm³/mol. The molecule has 0 saturated heterocycles. The summed E-state index contributed by atoms with van der Waals surface area (Å²) in [5.74, 6) is 3.56. The van der Waals surface area contributed by atoms with Crippen molar-refractivity contribution in [3.8, 4) is 11.1 Å². The van der Waals surface area contributed by atoms with Gasteiger partial charge in [-0.3, -0.25) is 9.59 Å². The van der Waals surface area contributed by atoms with E-state index in [1.165, 1.54) is 24.3 Å². The van der Waals surface area contributed by atoms with Gasteiger partial charge in [-0.2, -0.15) is 0 Å². The fraction of sp³-hybridized carbons (Fsp3) is 0.0952. The number of hydrogen-bond donors (Lipinski definition) is 2. The van der Waals surface area contributed by atoms with Gasteiger partial charge in [0.2, 0.25) is 5.91 Å². The van der Waals surface area contributed by atoms with Crippen LogP contribution in [0.25, 0.3) is 21.3 Å². The highest BCUT2D eigenvalue weighted by Gasteiger charge is 2.22. The average Bonchev–Trinajstić information content (AvgIpc) is 3.19. The summed E-state index contributed by atoms with van der Waals surface area (Å²) >= 11 is 2.21. The summed E-state index contributed by atoms with van der Waals surface area (Å²) in [6, 6.07) is 12.7. The quantitative estimate of drug-likeness (QED) is 0.265. The van der Waals surface area contributed by atoms with Gasteiger partial charge in [-0.15, -0.1) is 11.3 Å². The predicted octanol–water partition coefficient (Wildman–Crippen LogP) is 4.24. The first kappa shape index (κ1) is 21.0. The number of amides is 1. The van der Waals surface area contributed by atoms with Crippen LogP contribution in [0.1, 0.15) is 6.92 Å². The Labute approximate surface area is 183 Å². The van der Waals surface area contributed by atoms with Gasteiger partial charge in [-0.1, -0.05) is 48.2 Å². The third kappa shape index (κ3) is 4.04. The van der Waals surface area contributed by atoms with Gasteiger partial charge in [0.05, 0.1) is 10.6 Å². The van der Waals surface area contributed by atoms with Crippen LogP contribution in [0.15, 0.2) is 63.9 Å². The van der Waals surface area contributed by atoms with Gasteiger partial charge in [-0.05, 0) is 24.6 Å². The highest BCUT2D eigenvalue weighted by Crippen LogP contribution is 2.32. The summed E-state index contributed by atoms with van der Waals surface area (Å²) in [6.07, 6.45) is 0. The molecule has 1 amide bonds. The van der Waals surface area contributed by atoms with Crippen molar-refractivity contribution in [1.29, 1.82) is 0 Å². The van der Waals surface area contributed by atoms with Crippen molar-refractivity contribution in [3.05, 3.63) is 75.9 Å². The van der Waals surface area contributed by atoms with E-state index in [2.05, 4.69) is 10.3 Å². The molecule has 0 saturated carbocycles. The van der Waals surface area contributed by atoms with E-state index in [0.29, 0.717) is 10.2 Å². The number of hydrogen-bond acceptors (Lipinski definition) is 6. The number of carbonyl (C=O) groups excluding carboxylic acids is 1. The number of aromatic nitrogens is 2. The topological polar surface area (TPSA) is 90.0 Å². The third-order valence-corrected chi connectivity index (χ3v) is 6.49. The van der Waals surface area contributed by atoms with E-state index in [0.717, 1.165) is 39.7 Å². The number of carbonyl (C=O) groups is 1. The highest BCUT2D eigenvalue weighted by molar-refractivity contribution is 8.00. The van der Waals surface area contributed by atoms with Crippen LogP contribution in [0.4, 0.5) is 14.5 Å². The standard InChI is InChI=1S/C21H16F2N4O2S2/c1-11(18(28)25-17-14(22)8-5-9-15(17)23)31-21-26-19-16(20(29)27(21)24)13(10-30-19)12-6-3-2-4-7-12/h2-11H,24H2,1H3,(H,25,28). The Hall–Kier alpha value is -3.24. The second-order valence-electron chi connectivity index (χ2n) is 6.61. The molecule has 6 nitrogen and oxygen atoms in total. The van der Waals surface area contributed by atoms with Crippen molar-refractivity contribution >= 4 is 44.9 Å². The zero-order chi connectivity index (χ0) is 22.1. The Balaban J connectivity index is 1.62. The van der Waals surface area contributed by atoms with Crippen LogP contribution in [0.2, 0.25) is 0 Å². The molecule has 0 fully saturated rings. The smallest absolute Gasteiger partial charge is 0.282 e. The summed E-state index contributed by atoms with van der Waals surface area (Å²) < 4.78 is 28.5. The van der Waals surface area contributed by atoms with Crippen molar-refractivity contribution in [3.63, 3.8) is 0 Å². The fourth-order valence-electron chi connectivity index (χ4n) is 2.95. The molecule has 0 bridgehead atoms. The Morgan fingerprint density at radius 2 is 1.84 bits per heavy atom. The molecule has 0 aliphatic rings. The number of thioether (sulfide) groups is 1. The van der Waals surface area contributed by atoms with E-state index in [1.54, 1.807) is 0 Å². The maximum atomic E-state index is 13.8. The molecule has 1 unspecified atom stereocenters. The molecule has 10 heteroatoms. The largest absolute Gasteiger partial charge is 0.334 e. The molecule has 0 aliphatic heterocycles. The summed E-state index contributed by atoms with van der Waals surface area (Å²) in [6.45, 7) is 1.53. The lowest BCUT2D eigenvalue weighted by atomic mass is 10.1. The van der Waals surface area contributed by atoms with E-state index in [1.807, 2.05) is 35.7 Å². The summed E-state index contributed by atoms with van der Waals surface area (Å²) in [5.41, 5.74) is 0.627. The van der Waals surface area contributed by atoms with Gasteiger partial charge < -0.3 is 11.2 Å². The number of nitrogens with one attached hydrogen (secondary N) is 1. The first-order chi connectivity index (χ1) is 14.9. The Morgan fingerprint density at radius 3 is 2.52 bits per heavy atom. The van der Waals surface area contributed by atoms with Gasteiger partial charge in [0, 0.05) is 10.9 Å². The van der Waals surface area contributed by atoms with E-state index in [4.69, 9.17) is 5.84 Å². The molecule has 31 heavy (non-hydrogen) atoms. The molecular weight excluding hydrogens is 442 g/mol. The van der Waals surface area contributed by atoms with Crippen LogP contribution in [0.5, 0.6) is 0 Å². The van der Waals surface area contributed by atoms with Crippen molar-refractivity contribution < 1.29 is 13.6 Å². The Morgan fingerprint density at radius 1 is 1.16 bits per heavy atom. The van der Waals surface area contributed by atoms with Crippen LogP contribution < -0.4 is 16.7 Å². The number of para-hydroxylation sites is 1. The van der Waals surface area contributed by atoms with E-state index in [9.17, 15) is 18.4 Å².